The maximum absolute atomic E-state index is 12.9. The molecule has 2 fully saturated rings. The number of thiazole rings is 1. The fraction of sp³-hybridized carbons (Fsp3) is 0.444. The second-order valence-corrected chi connectivity index (χ2v) is 10.2. The van der Waals surface area contributed by atoms with Crippen molar-refractivity contribution in [3.8, 4) is 0 Å². The molecule has 4 rings (SSSR count). The minimum absolute atomic E-state index is 0.00229. The van der Waals surface area contributed by atoms with Crippen LogP contribution in [0.2, 0.25) is 0 Å². The van der Waals surface area contributed by atoms with Crippen molar-refractivity contribution in [3.63, 3.8) is 0 Å². The molecule has 0 unspecified atom stereocenters. The summed E-state index contributed by atoms with van der Waals surface area (Å²) in [5, 5.41) is 2.37. The van der Waals surface area contributed by atoms with Crippen LogP contribution in [0.25, 0.3) is 0 Å². The Bertz CT molecular complexity index is 911. The lowest BCUT2D eigenvalue weighted by atomic mass is 10.1. The summed E-state index contributed by atoms with van der Waals surface area (Å²) in [6, 6.07) is 9.57. The van der Waals surface area contributed by atoms with E-state index < -0.39 is 15.3 Å². The molecule has 2 aliphatic rings. The average Bonchev–Trinajstić information content (AvgIpc) is 3.26. The quantitative estimate of drug-likeness (QED) is 0.795. The van der Waals surface area contributed by atoms with Gasteiger partial charge in [-0.15, -0.1) is 11.3 Å². The average molecular weight is 392 g/mol. The Morgan fingerprint density at radius 3 is 2.65 bits per heavy atom. The zero-order valence-corrected chi connectivity index (χ0v) is 16.2. The van der Waals surface area contributed by atoms with Gasteiger partial charge in [-0.25, -0.2) is 13.4 Å². The van der Waals surface area contributed by atoms with Gasteiger partial charge in [-0.1, -0.05) is 30.3 Å². The SMILES string of the molecule is Cc1nc(CN2C[C@H]3CN(C(=O)Cc4ccccc4)C[C@H]3S2(=O)=O)cs1. The molecule has 6 nitrogen and oxygen atoms in total. The van der Waals surface area contributed by atoms with E-state index in [1.165, 1.54) is 15.6 Å². The van der Waals surface area contributed by atoms with Gasteiger partial charge in [0.15, 0.2) is 0 Å². The number of nitrogens with zero attached hydrogens (tertiary/aromatic N) is 3. The zero-order valence-electron chi connectivity index (χ0n) is 14.5. The third-order valence-electron chi connectivity index (χ3n) is 5.12. The molecule has 26 heavy (non-hydrogen) atoms. The van der Waals surface area contributed by atoms with Crippen LogP contribution in [0.5, 0.6) is 0 Å². The first-order valence-corrected chi connectivity index (χ1v) is 11.0. The lowest BCUT2D eigenvalue weighted by Gasteiger charge is -2.21. The van der Waals surface area contributed by atoms with Crippen molar-refractivity contribution < 1.29 is 13.2 Å². The van der Waals surface area contributed by atoms with Crippen LogP contribution in [0.3, 0.4) is 0 Å². The molecule has 2 aromatic rings. The molecule has 0 saturated carbocycles. The van der Waals surface area contributed by atoms with Gasteiger partial charge in [0.1, 0.15) is 0 Å². The number of hydrogen-bond donors (Lipinski definition) is 0. The number of aromatic nitrogens is 1. The number of carbonyl (C=O) groups excluding carboxylic acids is 1. The van der Waals surface area contributed by atoms with Crippen molar-refractivity contribution in [1.82, 2.24) is 14.2 Å². The van der Waals surface area contributed by atoms with Crippen molar-refractivity contribution in [2.24, 2.45) is 5.92 Å². The van der Waals surface area contributed by atoms with Gasteiger partial charge >= 0.3 is 0 Å². The van der Waals surface area contributed by atoms with Crippen LogP contribution >= 0.6 is 11.3 Å². The third kappa shape index (κ3) is 3.28. The summed E-state index contributed by atoms with van der Waals surface area (Å²) >= 11 is 1.53. The molecule has 2 saturated heterocycles. The normalized spacial score (nSPS) is 24.7. The third-order valence-corrected chi connectivity index (χ3v) is 8.24. The van der Waals surface area contributed by atoms with Gasteiger partial charge in [0, 0.05) is 30.9 Å². The summed E-state index contributed by atoms with van der Waals surface area (Å²) < 4.78 is 27.3. The standard InChI is InChI=1S/C18H21N3O3S2/c1-13-19-16(12-25-13)10-21-9-15-8-20(11-17(15)26(21,23)24)18(22)7-14-5-3-2-4-6-14/h2-6,12,15,17H,7-11H2,1H3/t15-,17-/m1/s1. The Labute approximate surface area is 157 Å². The van der Waals surface area contributed by atoms with E-state index in [2.05, 4.69) is 4.98 Å². The van der Waals surface area contributed by atoms with Crippen LogP contribution in [-0.4, -0.2) is 53.4 Å². The molecule has 1 amide bonds. The van der Waals surface area contributed by atoms with E-state index in [9.17, 15) is 13.2 Å². The number of amides is 1. The highest BCUT2D eigenvalue weighted by atomic mass is 32.2. The van der Waals surface area contributed by atoms with Gasteiger partial charge < -0.3 is 4.90 Å². The highest BCUT2D eigenvalue weighted by molar-refractivity contribution is 7.90. The van der Waals surface area contributed by atoms with E-state index in [0.717, 1.165) is 16.3 Å². The molecule has 0 spiro atoms. The molecular weight excluding hydrogens is 370 g/mol. The van der Waals surface area contributed by atoms with E-state index in [4.69, 9.17) is 0 Å². The van der Waals surface area contributed by atoms with Crippen LogP contribution in [-0.2, 0) is 27.8 Å². The van der Waals surface area contributed by atoms with Crippen molar-refractivity contribution >= 4 is 27.3 Å². The highest BCUT2D eigenvalue weighted by Crippen LogP contribution is 2.35. The largest absolute Gasteiger partial charge is 0.341 e. The molecule has 0 aliphatic carbocycles. The molecule has 0 radical (unpaired) electrons. The summed E-state index contributed by atoms with van der Waals surface area (Å²) in [5.41, 5.74) is 1.76. The number of hydrogen-bond acceptors (Lipinski definition) is 5. The fourth-order valence-electron chi connectivity index (χ4n) is 3.81. The first-order valence-electron chi connectivity index (χ1n) is 8.65. The van der Waals surface area contributed by atoms with Crippen LogP contribution in [0, 0.1) is 12.8 Å². The Morgan fingerprint density at radius 2 is 2.00 bits per heavy atom. The van der Waals surface area contributed by atoms with Gasteiger partial charge in [0.2, 0.25) is 15.9 Å². The lowest BCUT2D eigenvalue weighted by molar-refractivity contribution is -0.129. The van der Waals surface area contributed by atoms with Crippen molar-refractivity contribution in [2.45, 2.75) is 25.1 Å². The van der Waals surface area contributed by atoms with Gasteiger partial charge in [0.25, 0.3) is 0 Å². The van der Waals surface area contributed by atoms with Gasteiger partial charge in [-0.2, -0.15) is 4.31 Å². The summed E-state index contributed by atoms with van der Waals surface area (Å²) in [7, 11) is -3.39. The second-order valence-electron chi connectivity index (χ2n) is 6.95. The number of carbonyl (C=O) groups is 1. The summed E-state index contributed by atoms with van der Waals surface area (Å²) in [6.07, 6.45) is 0.322. The minimum Gasteiger partial charge on any atom is -0.341 e. The fourth-order valence-corrected chi connectivity index (χ4v) is 6.54. The monoisotopic (exact) mass is 391 g/mol. The lowest BCUT2D eigenvalue weighted by Crippen LogP contribution is -2.37. The Kier molecular flexibility index (Phi) is 4.58. The molecule has 2 atom stereocenters. The van der Waals surface area contributed by atoms with E-state index in [1.54, 1.807) is 4.90 Å². The first-order chi connectivity index (χ1) is 12.4. The molecular formula is C18H21N3O3S2. The molecule has 1 aromatic carbocycles. The Balaban J connectivity index is 1.42. The maximum Gasteiger partial charge on any atom is 0.227 e. The van der Waals surface area contributed by atoms with Crippen LogP contribution in [0.4, 0.5) is 0 Å². The van der Waals surface area contributed by atoms with E-state index >= 15 is 0 Å². The van der Waals surface area contributed by atoms with Crippen LogP contribution in [0.1, 0.15) is 16.3 Å². The number of aryl methyl sites for hydroxylation is 1. The van der Waals surface area contributed by atoms with Gasteiger partial charge in [-0.05, 0) is 12.5 Å². The molecule has 1 aromatic heterocycles. The minimum atomic E-state index is -3.39. The van der Waals surface area contributed by atoms with Crippen molar-refractivity contribution in [1.29, 1.82) is 0 Å². The zero-order chi connectivity index (χ0) is 18.3. The number of benzene rings is 1. The highest BCUT2D eigenvalue weighted by Gasteiger charge is 2.51. The maximum atomic E-state index is 12.9. The predicted molar refractivity (Wildman–Crippen MR) is 100 cm³/mol. The number of fused-ring (bicyclic) bond motifs is 1. The van der Waals surface area contributed by atoms with E-state index in [0.29, 0.717) is 32.6 Å². The van der Waals surface area contributed by atoms with Gasteiger partial charge in [0.05, 0.1) is 28.9 Å². The van der Waals surface area contributed by atoms with Crippen molar-refractivity contribution in [2.75, 3.05) is 19.6 Å². The molecule has 0 bridgehead atoms. The van der Waals surface area contributed by atoms with Crippen molar-refractivity contribution in [3.05, 3.63) is 52.0 Å². The van der Waals surface area contributed by atoms with E-state index in [1.807, 2.05) is 42.6 Å². The molecule has 138 valence electrons. The smallest absolute Gasteiger partial charge is 0.227 e. The van der Waals surface area contributed by atoms with Gasteiger partial charge in [-0.3, -0.25) is 4.79 Å². The second kappa shape index (κ2) is 6.75. The number of likely N-dealkylation sites (tertiary alicyclic amines) is 1. The first kappa shape index (κ1) is 17.6. The summed E-state index contributed by atoms with van der Waals surface area (Å²) in [6.45, 7) is 3.53. The molecule has 0 N–H and O–H groups in total. The molecule has 3 heterocycles. The summed E-state index contributed by atoms with van der Waals surface area (Å²) in [5.74, 6) is -0.0121. The van der Waals surface area contributed by atoms with Crippen LogP contribution in [0.15, 0.2) is 35.7 Å². The van der Waals surface area contributed by atoms with Crippen LogP contribution < -0.4 is 0 Å². The summed E-state index contributed by atoms with van der Waals surface area (Å²) in [4.78, 5) is 18.6. The molecule has 8 heteroatoms. The number of rotatable bonds is 4. The van der Waals surface area contributed by atoms with E-state index in [-0.39, 0.29) is 11.8 Å². The molecule has 2 aliphatic heterocycles. The predicted octanol–water partition coefficient (Wildman–Crippen LogP) is 1.67. The Morgan fingerprint density at radius 1 is 1.23 bits per heavy atom. The Hall–Kier alpha value is -1.77. The number of sulfonamides is 1. The topological polar surface area (TPSA) is 70.6 Å².